The van der Waals surface area contributed by atoms with Crippen LogP contribution in [0.1, 0.15) is 32.9 Å². The quantitative estimate of drug-likeness (QED) is 0.775. The molecule has 0 bridgehead atoms. The molecule has 1 heterocycles. The summed E-state index contributed by atoms with van der Waals surface area (Å²) in [6.45, 7) is 7.59. The molecule has 1 N–H and O–H groups in total. The second-order valence-electron chi connectivity index (χ2n) is 3.96. The Bertz CT molecular complexity index is 244. The summed E-state index contributed by atoms with van der Waals surface area (Å²) in [7, 11) is 0. The minimum Gasteiger partial charge on any atom is -0.308 e. The average Bonchev–Trinajstić information content (AvgIpc) is 2.20. The van der Waals surface area contributed by atoms with Crippen LogP contribution in [0.3, 0.4) is 0 Å². The summed E-state index contributed by atoms with van der Waals surface area (Å²) >= 11 is 0. The van der Waals surface area contributed by atoms with Crippen LogP contribution in [0.5, 0.6) is 0 Å². The summed E-state index contributed by atoms with van der Waals surface area (Å²) in [5, 5.41) is 3.52. The molecule has 1 aromatic heterocycles. The molecular weight excluding hydrogens is 172 g/mol. The van der Waals surface area contributed by atoms with Gasteiger partial charge in [0, 0.05) is 18.8 Å². The molecule has 0 aromatic carbocycles. The zero-order valence-electron chi connectivity index (χ0n) is 9.33. The van der Waals surface area contributed by atoms with Crippen LogP contribution in [0.15, 0.2) is 24.4 Å². The van der Waals surface area contributed by atoms with Crippen LogP contribution in [0.4, 0.5) is 0 Å². The van der Waals surface area contributed by atoms with E-state index in [9.17, 15) is 0 Å². The summed E-state index contributed by atoms with van der Waals surface area (Å²) in [5.74, 6) is 0.684. The molecule has 0 fully saturated rings. The maximum Gasteiger partial charge on any atom is 0.0541 e. The Morgan fingerprint density at radius 2 is 2.14 bits per heavy atom. The lowest BCUT2D eigenvalue weighted by molar-refractivity contribution is 0.385. The third-order valence-electron chi connectivity index (χ3n) is 2.52. The van der Waals surface area contributed by atoms with E-state index in [1.807, 2.05) is 18.3 Å². The van der Waals surface area contributed by atoms with Gasteiger partial charge in [-0.05, 0) is 24.5 Å². The molecule has 0 saturated carbocycles. The highest BCUT2D eigenvalue weighted by molar-refractivity contribution is 5.03. The Labute approximate surface area is 86.8 Å². The van der Waals surface area contributed by atoms with E-state index in [2.05, 4.69) is 37.1 Å². The third kappa shape index (κ3) is 3.46. The summed E-state index contributed by atoms with van der Waals surface area (Å²) in [5.41, 5.74) is 1.12. The summed E-state index contributed by atoms with van der Waals surface area (Å²) in [4.78, 5) is 4.28. The minimum atomic E-state index is 0.594. The van der Waals surface area contributed by atoms with Crippen molar-refractivity contribution in [3.63, 3.8) is 0 Å². The lowest BCUT2D eigenvalue weighted by Gasteiger charge is -2.20. The van der Waals surface area contributed by atoms with E-state index in [0.29, 0.717) is 12.0 Å². The van der Waals surface area contributed by atoms with E-state index in [0.717, 1.165) is 12.2 Å². The fourth-order valence-electron chi connectivity index (χ4n) is 1.59. The average molecular weight is 192 g/mol. The fourth-order valence-corrected chi connectivity index (χ4v) is 1.59. The van der Waals surface area contributed by atoms with Gasteiger partial charge in [0.25, 0.3) is 0 Å². The van der Waals surface area contributed by atoms with Crippen molar-refractivity contribution in [2.45, 2.75) is 39.8 Å². The molecule has 0 radical (unpaired) electrons. The van der Waals surface area contributed by atoms with Gasteiger partial charge in [-0.25, -0.2) is 0 Å². The van der Waals surface area contributed by atoms with Crippen LogP contribution in [0, 0.1) is 5.92 Å². The van der Waals surface area contributed by atoms with Crippen LogP contribution >= 0.6 is 0 Å². The highest BCUT2D eigenvalue weighted by atomic mass is 14.9. The first kappa shape index (κ1) is 11.2. The zero-order valence-corrected chi connectivity index (χ0v) is 9.33. The first-order chi connectivity index (χ1) is 6.74. The van der Waals surface area contributed by atoms with Gasteiger partial charge in [-0.3, -0.25) is 4.98 Å². The van der Waals surface area contributed by atoms with E-state index in [-0.39, 0.29) is 0 Å². The minimum absolute atomic E-state index is 0.594. The zero-order chi connectivity index (χ0) is 10.4. The number of rotatable bonds is 5. The SMILES string of the molecule is CCC(NCc1ccccn1)C(C)C. The molecule has 0 aliphatic heterocycles. The Morgan fingerprint density at radius 3 is 2.64 bits per heavy atom. The number of nitrogens with one attached hydrogen (secondary N) is 1. The molecule has 14 heavy (non-hydrogen) atoms. The second kappa shape index (κ2) is 5.76. The molecule has 1 unspecified atom stereocenters. The first-order valence-electron chi connectivity index (χ1n) is 5.37. The van der Waals surface area contributed by atoms with Crippen molar-refractivity contribution in [3.05, 3.63) is 30.1 Å². The van der Waals surface area contributed by atoms with Crippen LogP contribution in [0.2, 0.25) is 0 Å². The van der Waals surface area contributed by atoms with Crippen molar-refractivity contribution >= 4 is 0 Å². The Hall–Kier alpha value is -0.890. The highest BCUT2D eigenvalue weighted by Crippen LogP contribution is 2.06. The standard InChI is InChI=1S/C12H20N2/c1-4-12(10(2)3)14-9-11-7-5-6-8-13-11/h5-8,10,12,14H,4,9H2,1-3H3. The van der Waals surface area contributed by atoms with Gasteiger partial charge >= 0.3 is 0 Å². The largest absolute Gasteiger partial charge is 0.308 e. The van der Waals surface area contributed by atoms with Crippen molar-refractivity contribution in [1.29, 1.82) is 0 Å². The number of hydrogen-bond acceptors (Lipinski definition) is 2. The smallest absolute Gasteiger partial charge is 0.0541 e. The molecule has 1 rings (SSSR count). The molecule has 2 heteroatoms. The van der Waals surface area contributed by atoms with Crippen LogP contribution in [-0.4, -0.2) is 11.0 Å². The van der Waals surface area contributed by atoms with Gasteiger partial charge < -0.3 is 5.32 Å². The predicted molar refractivity (Wildman–Crippen MR) is 60.0 cm³/mol. The van der Waals surface area contributed by atoms with Crippen LogP contribution in [0.25, 0.3) is 0 Å². The number of pyridine rings is 1. The van der Waals surface area contributed by atoms with Gasteiger partial charge in [0.05, 0.1) is 5.69 Å². The Morgan fingerprint density at radius 1 is 1.36 bits per heavy atom. The van der Waals surface area contributed by atoms with Crippen molar-refractivity contribution < 1.29 is 0 Å². The Kier molecular flexibility index (Phi) is 4.60. The van der Waals surface area contributed by atoms with E-state index in [1.165, 1.54) is 6.42 Å². The molecular formula is C12H20N2. The molecule has 0 saturated heterocycles. The molecule has 0 aliphatic rings. The van der Waals surface area contributed by atoms with Gasteiger partial charge in [0.1, 0.15) is 0 Å². The summed E-state index contributed by atoms with van der Waals surface area (Å²) in [6.07, 6.45) is 3.01. The molecule has 0 amide bonds. The maximum absolute atomic E-state index is 4.28. The first-order valence-corrected chi connectivity index (χ1v) is 5.37. The Balaban J connectivity index is 2.40. The third-order valence-corrected chi connectivity index (χ3v) is 2.52. The van der Waals surface area contributed by atoms with Crippen LogP contribution < -0.4 is 5.32 Å². The molecule has 0 aliphatic carbocycles. The molecule has 1 atom stereocenters. The lowest BCUT2D eigenvalue weighted by atomic mass is 10.0. The molecule has 78 valence electrons. The van der Waals surface area contributed by atoms with E-state index >= 15 is 0 Å². The van der Waals surface area contributed by atoms with Gasteiger partial charge in [-0.2, -0.15) is 0 Å². The van der Waals surface area contributed by atoms with Gasteiger partial charge in [0.2, 0.25) is 0 Å². The number of nitrogens with zero attached hydrogens (tertiary/aromatic N) is 1. The molecule has 1 aromatic rings. The topological polar surface area (TPSA) is 24.9 Å². The lowest BCUT2D eigenvalue weighted by Crippen LogP contribution is -2.32. The van der Waals surface area contributed by atoms with Gasteiger partial charge in [0.15, 0.2) is 0 Å². The van der Waals surface area contributed by atoms with Crippen molar-refractivity contribution in [2.24, 2.45) is 5.92 Å². The van der Waals surface area contributed by atoms with E-state index in [1.54, 1.807) is 0 Å². The summed E-state index contributed by atoms with van der Waals surface area (Å²) < 4.78 is 0. The van der Waals surface area contributed by atoms with Gasteiger partial charge in [-0.1, -0.05) is 26.8 Å². The fraction of sp³-hybridized carbons (Fsp3) is 0.583. The van der Waals surface area contributed by atoms with E-state index < -0.39 is 0 Å². The monoisotopic (exact) mass is 192 g/mol. The van der Waals surface area contributed by atoms with Gasteiger partial charge in [-0.15, -0.1) is 0 Å². The predicted octanol–water partition coefficient (Wildman–Crippen LogP) is 2.61. The van der Waals surface area contributed by atoms with Crippen molar-refractivity contribution in [3.8, 4) is 0 Å². The normalized spacial score (nSPS) is 13.1. The number of hydrogen-bond donors (Lipinski definition) is 1. The maximum atomic E-state index is 4.28. The van der Waals surface area contributed by atoms with Crippen molar-refractivity contribution in [2.75, 3.05) is 0 Å². The van der Waals surface area contributed by atoms with Crippen LogP contribution in [-0.2, 0) is 6.54 Å². The highest BCUT2D eigenvalue weighted by Gasteiger charge is 2.09. The van der Waals surface area contributed by atoms with Crippen molar-refractivity contribution in [1.82, 2.24) is 10.3 Å². The summed E-state index contributed by atoms with van der Waals surface area (Å²) in [6, 6.07) is 6.63. The second-order valence-corrected chi connectivity index (χ2v) is 3.96. The molecule has 0 spiro atoms. The number of aromatic nitrogens is 1. The van der Waals surface area contributed by atoms with E-state index in [4.69, 9.17) is 0 Å². The molecule has 2 nitrogen and oxygen atoms in total.